The quantitative estimate of drug-likeness (QED) is 0.681. The molecule has 1 fully saturated rings. The van der Waals surface area contributed by atoms with E-state index in [9.17, 15) is 8.42 Å². The average Bonchev–Trinajstić information content (AvgIpc) is 2.28. The molecule has 1 N–H and O–H groups in total. The Morgan fingerprint density at radius 3 is 2.67 bits per heavy atom. The number of hydrogen-bond donors (Lipinski definition) is 1. The van der Waals surface area contributed by atoms with Crippen molar-refractivity contribution in [2.24, 2.45) is 0 Å². The van der Waals surface area contributed by atoms with E-state index in [0.717, 1.165) is 0 Å². The third-order valence-corrected chi connectivity index (χ3v) is 5.62. The highest BCUT2D eigenvalue weighted by Crippen LogP contribution is 2.32. The Kier molecular flexibility index (Phi) is 4.11. The Labute approximate surface area is 116 Å². The smallest absolute Gasteiger partial charge is 0.241 e. The molecule has 6 heteroatoms. The third-order valence-electron chi connectivity index (χ3n) is 2.88. The fourth-order valence-electron chi connectivity index (χ4n) is 2.03. The molecule has 0 aromatic heterocycles. The predicted molar refractivity (Wildman–Crippen MR) is 73.1 cm³/mol. The molecular formula is C12H16BrNO3S. The monoisotopic (exact) mass is 333 g/mol. The zero-order valence-corrected chi connectivity index (χ0v) is 12.5. The standard InChI is InChI=1S/C12H16BrNO3S/c1-10-9-12(13,7-8-17-10)14-18(15,16)11-5-3-2-4-6-11/h2-6,10,14H,7-9H2,1H3. The number of ether oxygens (including phenoxy) is 1. The second kappa shape index (κ2) is 5.28. The van der Waals surface area contributed by atoms with Gasteiger partial charge >= 0.3 is 0 Å². The van der Waals surface area contributed by atoms with E-state index in [2.05, 4.69) is 20.7 Å². The molecule has 4 nitrogen and oxygen atoms in total. The molecule has 1 saturated heterocycles. The maximum absolute atomic E-state index is 12.2. The summed E-state index contributed by atoms with van der Waals surface area (Å²) in [5, 5.41) is 0. The van der Waals surface area contributed by atoms with Crippen LogP contribution in [0.5, 0.6) is 0 Å². The molecule has 0 saturated carbocycles. The first-order valence-electron chi connectivity index (χ1n) is 5.81. The van der Waals surface area contributed by atoms with Gasteiger partial charge in [0.1, 0.15) is 0 Å². The molecule has 1 heterocycles. The van der Waals surface area contributed by atoms with Gasteiger partial charge in [-0.25, -0.2) is 8.42 Å². The van der Waals surface area contributed by atoms with Gasteiger partial charge in [0.25, 0.3) is 0 Å². The summed E-state index contributed by atoms with van der Waals surface area (Å²) in [6.07, 6.45) is 1.26. The van der Waals surface area contributed by atoms with E-state index in [1.807, 2.05) is 6.92 Å². The van der Waals surface area contributed by atoms with Gasteiger partial charge in [0.2, 0.25) is 10.0 Å². The van der Waals surface area contributed by atoms with Crippen LogP contribution < -0.4 is 4.72 Å². The van der Waals surface area contributed by atoms with Crippen molar-refractivity contribution >= 4 is 26.0 Å². The SMILES string of the molecule is CC1CC(Br)(NS(=O)(=O)c2ccccc2)CCO1. The van der Waals surface area contributed by atoms with Crippen LogP contribution >= 0.6 is 15.9 Å². The molecule has 0 spiro atoms. The third kappa shape index (κ3) is 3.32. The highest BCUT2D eigenvalue weighted by atomic mass is 79.9. The van der Waals surface area contributed by atoms with Gasteiger partial charge in [-0.15, -0.1) is 0 Å². The van der Waals surface area contributed by atoms with Gasteiger partial charge in [0.15, 0.2) is 0 Å². The largest absolute Gasteiger partial charge is 0.378 e. The molecule has 1 aliphatic rings. The van der Waals surface area contributed by atoms with Crippen molar-refractivity contribution in [1.29, 1.82) is 0 Å². The second-order valence-corrected chi connectivity index (χ2v) is 7.72. The molecule has 2 atom stereocenters. The summed E-state index contributed by atoms with van der Waals surface area (Å²) >= 11 is 3.50. The minimum atomic E-state index is -3.49. The Hall–Kier alpha value is -0.430. The summed E-state index contributed by atoms with van der Waals surface area (Å²) in [6.45, 7) is 2.48. The lowest BCUT2D eigenvalue weighted by molar-refractivity contribution is 0.0117. The Balaban J connectivity index is 2.18. The zero-order chi connectivity index (χ0) is 13.2. The zero-order valence-electron chi connectivity index (χ0n) is 10.1. The van der Waals surface area contributed by atoms with Crippen LogP contribution in [0, 0.1) is 0 Å². The van der Waals surface area contributed by atoms with Gasteiger partial charge in [-0.05, 0) is 25.5 Å². The summed E-state index contributed by atoms with van der Waals surface area (Å²) in [4.78, 5) is 0.281. The Bertz CT molecular complexity index is 505. The fraction of sp³-hybridized carbons (Fsp3) is 0.500. The Morgan fingerprint density at radius 2 is 2.06 bits per heavy atom. The number of halogens is 1. The van der Waals surface area contributed by atoms with Crippen molar-refractivity contribution in [3.63, 3.8) is 0 Å². The molecule has 100 valence electrons. The molecule has 1 aromatic carbocycles. The van der Waals surface area contributed by atoms with E-state index in [1.54, 1.807) is 30.3 Å². The summed E-state index contributed by atoms with van der Waals surface area (Å²) in [5.74, 6) is 0. The highest BCUT2D eigenvalue weighted by Gasteiger charge is 2.37. The summed E-state index contributed by atoms with van der Waals surface area (Å²) in [6, 6.07) is 8.38. The van der Waals surface area contributed by atoms with Gasteiger partial charge in [0, 0.05) is 13.0 Å². The van der Waals surface area contributed by atoms with Gasteiger partial charge in [-0.3, -0.25) is 0 Å². The normalized spacial score (nSPS) is 29.1. The summed E-state index contributed by atoms with van der Waals surface area (Å²) in [5.41, 5.74) is 0. The molecule has 18 heavy (non-hydrogen) atoms. The molecular weight excluding hydrogens is 318 g/mol. The van der Waals surface area contributed by atoms with Gasteiger partial charge < -0.3 is 4.74 Å². The minimum absolute atomic E-state index is 0.0385. The molecule has 0 amide bonds. The van der Waals surface area contributed by atoms with Crippen LogP contribution in [0.2, 0.25) is 0 Å². The molecule has 0 aliphatic carbocycles. The van der Waals surface area contributed by atoms with Crippen molar-refractivity contribution < 1.29 is 13.2 Å². The lowest BCUT2D eigenvalue weighted by atomic mass is 10.1. The van der Waals surface area contributed by atoms with Crippen LogP contribution in [0.15, 0.2) is 35.2 Å². The fourth-order valence-corrected chi connectivity index (χ4v) is 4.59. The molecule has 1 aliphatic heterocycles. The average molecular weight is 334 g/mol. The lowest BCUT2D eigenvalue weighted by Gasteiger charge is -2.35. The molecule has 2 unspecified atom stereocenters. The van der Waals surface area contributed by atoms with Crippen molar-refractivity contribution in [3.05, 3.63) is 30.3 Å². The van der Waals surface area contributed by atoms with E-state index >= 15 is 0 Å². The van der Waals surface area contributed by atoms with E-state index in [-0.39, 0.29) is 11.0 Å². The van der Waals surface area contributed by atoms with Crippen molar-refractivity contribution in [3.8, 4) is 0 Å². The van der Waals surface area contributed by atoms with Crippen molar-refractivity contribution in [2.75, 3.05) is 6.61 Å². The number of nitrogens with one attached hydrogen (secondary N) is 1. The van der Waals surface area contributed by atoms with Gasteiger partial charge in [0.05, 0.1) is 15.4 Å². The van der Waals surface area contributed by atoms with Gasteiger partial charge in [-0.2, -0.15) is 4.72 Å². The molecule has 0 bridgehead atoms. The predicted octanol–water partition coefficient (Wildman–Crippen LogP) is 2.26. The topological polar surface area (TPSA) is 55.4 Å². The van der Waals surface area contributed by atoms with Gasteiger partial charge in [-0.1, -0.05) is 34.1 Å². The number of rotatable bonds is 3. The first kappa shape index (κ1) is 14.0. The number of hydrogen-bond acceptors (Lipinski definition) is 3. The van der Waals surface area contributed by atoms with Crippen molar-refractivity contribution in [2.45, 2.75) is 35.2 Å². The van der Waals surface area contributed by atoms with E-state index < -0.39 is 14.5 Å². The van der Waals surface area contributed by atoms with E-state index in [0.29, 0.717) is 19.4 Å². The molecule has 1 aromatic rings. The maximum Gasteiger partial charge on any atom is 0.241 e. The Morgan fingerprint density at radius 1 is 1.39 bits per heavy atom. The number of benzene rings is 1. The second-order valence-electron chi connectivity index (χ2n) is 4.52. The van der Waals surface area contributed by atoms with Crippen molar-refractivity contribution in [1.82, 2.24) is 4.72 Å². The van der Waals surface area contributed by atoms with Crippen LogP contribution in [0.1, 0.15) is 19.8 Å². The molecule has 0 radical (unpaired) electrons. The van der Waals surface area contributed by atoms with Crippen LogP contribution in [0.4, 0.5) is 0 Å². The number of alkyl halides is 1. The van der Waals surface area contributed by atoms with Crippen LogP contribution in [-0.2, 0) is 14.8 Å². The number of sulfonamides is 1. The highest BCUT2D eigenvalue weighted by molar-refractivity contribution is 9.10. The van der Waals surface area contributed by atoms with E-state index in [4.69, 9.17) is 4.74 Å². The lowest BCUT2D eigenvalue weighted by Crippen LogP contribution is -2.48. The van der Waals surface area contributed by atoms with E-state index in [1.165, 1.54) is 0 Å². The van der Waals surface area contributed by atoms with Crippen LogP contribution in [0.25, 0.3) is 0 Å². The van der Waals surface area contributed by atoms with Crippen LogP contribution in [0.3, 0.4) is 0 Å². The molecule has 2 rings (SSSR count). The first-order chi connectivity index (χ1) is 8.41. The minimum Gasteiger partial charge on any atom is -0.378 e. The van der Waals surface area contributed by atoms with Crippen LogP contribution in [-0.4, -0.2) is 25.6 Å². The maximum atomic E-state index is 12.2. The first-order valence-corrected chi connectivity index (χ1v) is 8.08. The summed E-state index contributed by atoms with van der Waals surface area (Å²) in [7, 11) is -3.49. The summed E-state index contributed by atoms with van der Waals surface area (Å²) < 4.78 is 32.0.